The van der Waals surface area contributed by atoms with Crippen LogP contribution < -0.4 is 18.9 Å². The van der Waals surface area contributed by atoms with Crippen molar-refractivity contribution in [1.29, 1.82) is 5.26 Å². The molecule has 2 bridgehead atoms. The summed E-state index contributed by atoms with van der Waals surface area (Å²) < 4.78 is 29.6. The molecule has 4 aliphatic heterocycles. The lowest BCUT2D eigenvalue weighted by Gasteiger charge is -2.60. The zero-order chi connectivity index (χ0) is 35.7. The first kappa shape index (κ1) is 35.5. The number of fused-ring (bicyclic) bond motifs is 9. The van der Waals surface area contributed by atoms with Gasteiger partial charge in [0.05, 0.1) is 25.3 Å². The zero-order valence-electron chi connectivity index (χ0n) is 29.5. The molecule has 1 unspecified atom stereocenters. The Morgan fingerprint density at radius 1 is 0.960 bits per heavy atom. The van der Waals surface area contributed by atoms with Crippen LogP contribution in [0.3, 0.4) is 0 Å². The number of likely N-dealkylation sites (N-methyl/N-ethyl adjacent to an activating group) is 1. The van der Waals surface area contributed by atoms with Gasteiger partial charge in [0.15, 0.2) is 11.5 Å². The van der Waals surface area contributed by atoms with Crippen LogP contribution in [-0.2, 0) is 27.2 Å². The van der Waals surface area contributed by atoms with Crippen molar-refractivity contribution in [2.24, 2.45) is 0 Å². The number of hydrogen-bond donors (Lipinski definition) is 0. The fourth-order valence-electron chi connectivity index (χ4n) is 8.44. The van der Waals surface area contributed by atoms with E-state index in [2.05, 4.69) is 42.8 Å². The topological polar surface area (TPSA) is 111 Å². The summed E-state index contributed by atoms with van der Waals surface area (Å²) in [4.78, 5) is 29.9. The first-order valence-corrected chi connectivity index (χ1v) is 17.6. The smallest absolute Gasteiger partial charge is 0.326 e. The quantitative estimate of drug-likeness (QED) is 0.158. The zero-order valence-corrected chi connectivity index (χ0v) is 30.2. The van der Waals surface area contributed by atoms with E-state index in [4.69, 9.17) is 35.3 Å². The number of nitriles is 1. The Morgan fingerprint density at radius 2 is 1.64 bits per heavy atom. The average molecular weight is 702 g/mol. The molecule has 7 rings (SSSR count). The van der Waals surface area contributed by atoms with E-state index >= 15 is 0 Å². The highest BCUT2D eigenvalue weighted by molar-refractivity contribution is 6.26. The number of alkyl halides is 1. The van der Waals surface area contributed by atoms with E-state index in [1.807, 2.05) is 50.2 Å². The van der Waals surface area contributed by atoms with Crippen molar-refractivity contribution in [2.75, 3.05) is 33.4 Å². The van der Waals surface area contributed by atoms with E-state index < -0.39 is 18.1 Å². The van der Waals surface area contributed by atoms with Crippen molar-refractivity contribution >= 4 is 23.5 Å². The van der Waals surface area contributed by atoms with Gasteiger partial charge in [0.2, 0.25) is 6.79 Å². The molecule has 3 aromatic rings. The van der Waals surface area contributed by atoms with Gasteiger partial charge in [-0.15, -0.1) is 11.6 Å². The Bertz CT molecular complexity index is 1780. The van der Waals surface area contributed by atoms with Crippen LogP contribution in [0.25, 0.3) is 0 Å². The average Bonchev–Trinajstić information content (AvgIpc) is 3.61. The summed E-state index contributed by atoms with van der Waals surface area (Å²) in [5.74, 6) is 1.04. The van der Waals surface area contributed by atoms with Gasteiger partial charge in [0.25, 0.3) is 0 Å². The van der Waals surface area contributed by atoms with Crippen LogP contribution in [0.4, 0.5) is 0 Å². The van der Waals surface area contributed by atoms with Crippen LogP contribution in [-0.4, -0.2) is 73.3 Å². The molecule has 0 N–H and O–H groups in total. The molecule has 5 atom stereocenters. The summed E-state index contributed by atoms with van der Waals surface area (Å²) in [5, 5.41) is 10.8. The van der Waals surface area contributed by atoms with E-state index in [-0.39, 0.29) is 49.8 Å². The van der Waals surface area contributed by atoms with Gasteiger partial charge >= 0.3 is 11.9 Å². The number of aryl methyl sites for hydroxylation is 1. The minimum absolute atomic E-state index is 0.00265. The predicted molar refractivity (Wildman–Crippen MR) is 188 cm³/mol. The molecule has 0 amide bonds. The third-order valence-electron chi connectivity index (χ3n) is 10.4. The summed E-state index contributed by atoms with van der Waals surface area (Å²) in [7, 11) is 3.77. The number of nitrogens with zero attached hydrogens (tertiary/aromatic N) is 3. The van der Waals surface area contributed by atoms with Gasteiger partial charge in [-0.3, -0.25) is 19.4 Å². The summed E-state index contributed by atoms with van der Waals surface area (Å²) in [5.41, 5.74) is 6.66. The highest BCUT2D eigenvalue weighted by atomic mass is 35.5. The second kappa shape index (κ2) is 14.9. The van der Waals surface area contributed by atoms with Crippen LogP contribution in [0, 0.1) is 32.1 Å². The van der Waals surface area contributed by atoms with E-state index in [1.54, 1.807) is 7.11 Å². The number of carbonyl (C=O) groups excluding carboxylic acids is 2. The van der Waals surface area contributed by atoms with Crippen LogP contribution in [0.15, 0.2) is 42.5 Å². The molecule has 11 heteroatoms. The molecule has 1 saturated heterocycles. The minimum Gasteiger partial charge on any atom is -0.496 e. The summed E-state index contributed by atoms with van der Waals surface area (Å²) in [6, 6.07) is 15.3. The molecule has 4 aliphatic rings. The lowest BCUT2D eigenvalue weighted by Crippen LogP contribution is -2.68. The van der Waals surface area contributed by atoms with Crippen molar-refractivity contribution in [3.8, 4) is 29.1 Å². The van der Waals surface area contributed by atoms with Gasteiger partial charge in [0.1, 0.15) is 30.0 Å². The van der Waals surface area contributed by atoms with Crippen molar-refractivity contribution in [3.05, 3.63) is 81.4 Å². The second-order valence-electron chi connectivity index (χ2n) is 13.2. The SMILES string of the molecule is CCCC(=O)OC[C@H]1c2c(c(OC(=O)CCl)c(C)c3c2OCO3)CC2[C@H]3c4c(cc(C)c(OC)c4C)C[C@@H]([C@H](C#N)N21)N3C.c1ccccc1. The van der Waals surface area contributed by atoms with Crippen molar-refractivity contribution in [2.45, 2.75) is 83.6 Å². The van der Waals surface area contributed by atoms with E-state index in [0.717, 1.165) is 28.0 Å². The van der Waals surface area contributed by atoms with E-state index in [9.17, 15) is 14.9 Å². The Labute approximate surface area is 298 Å². The fraction of sp³-hybridized carbons (Fsp3) is 0.462. The van der Waals surface area contributed by atoms with Gasteiger partial charge < -0.3 is 23.7 Å². The lowest BCUT2D eigenvalue weighted by atomic mass is 9.71. The maximum atomic E-state index is 12.7. The molecule has 0 saturated carbocycles. The Morgan fingerprint density at radius 3 is 2.26 bits per heavy atom. The molecule has 264 valence electrons. The van der Waals surface area contributed by atoms with Crippen molar-refractivity contribution < 1.29 is 33.3 Å². The number of piperazine rings is 1. The standard InChI is InChI=1S/C33H38ClN3O7.C6H6/c1-7-8-25(38)41-14-24-28-20(31(44-26(39)12-34)18(4)32-33(28)43-15-42-32)11-22-29-27-17(3)30(40-6)16(2)9-19(27)10-21(36(29)5)23(13-35)37(22)24;1-2-4-6-5-3-1/h9,21-24,29H,7-8,10-12,14-15H2,1-6H3;1-6H/t21-,22?,23-,24-,29-;/m0./s1. The normalized spacial score (nSPS) is 22.9. The number of halogens is 1. The molecule has 0 aromatic heterocycles. The number of rotatable bonds is 7. The van der Waals surface area contributed by atoms with Crippen LogP contribution >= 0.6 is 11.6 Å². The number of hydrogen-bond acceptors (Lipinski definition) is 10. The molecule has 0 aliphatic carbocycles. The maximum absolute atomic E-state index is 12.7. The summed E-state index contributed by atoms with van der Waals surface area (Å²) in [6.45, 7) is 7.92. The number of esters is 2. The first-order valence-electron chi connectivity index (χ1n) is 17.1. The number of benzene rings is 3. The van der Waals surface area contributed by atoms with Crippen LogP contribution in [0.1, 0.15) is 70.8 Å². The predicted octanol–water partition coefficient (Wildman–Crippen LogP) is 6.29. The van der Waals surface area contributed by atoms with Gasteiger partial charge in [-0.2, -0.15) is 5.26 Å². The molecular weight excluding hydrogens is 658 g/mol. The number of ether oxygens (including phenoxy) is 5. The highest BCUT2D eigenvalue weighted by Gasteiger charge is 2.56. The summed E-state index contributed by atoms with van der Waals surface area (Å²) >= 11 is 5.90. The maximum Gasteiger partial charge on any atom is 0.326 e. The largest absolute Gasteiger partial charge is 0.496 e. The molecule has 0 spiro atoms. The molecule has 10 nitrogen and oxygen atoms in total. The molecule has 1 fully saturated rings. The fourth-order valence-corrected chi connectivity index (χ4v) is 8.49. The van der Waals surface area contributed by atoms with Crippen LogP contribution in [0.2, 0.25) is 0 Å². The van der Waals surface area contributed by atoms with Crippen LogP contribution in [0.5, 0.6) is 23.0 Å². The van der Waals surface area contributed by atoms with Gasteiger partial charge in [-0.1, -0.05) is 49.4 Å². The molecule has 0 radical (unpaired) electrons. The minimum atomic E-state index is -0.584. The van der Waals surface area contributed by atoms with E-state index in [0.29, 0.717) is 42.1 Å². The third kappa shape index (κ3) is 6.16. The number of carbonyl (C=O) groups is 2. The van der Waals surface area contributed by atoms with Gasteiger partial charge in [-0.05, 0) is 69.3 Å². The lowest BCUT2D eigenvalue weighted by molar-refractivity contribution is -0.149. The second-order valence-corrected chi connectivity index (χ2v) is 13.5. The Hall–Kier alpha value is -4.30. The Balaban J connectivity index is 0.000000652. The number of methoxy groups -OCH3 is 1. The molecule has 4 heterocycles. The van der Waals surface area contributed by atoms with E-state index in [1.165, 1.54) is 11.1 Å². The van der Waals surface area contributed by atoms with Gasteiger partial charge in [0, 0.05) is 35.2 Å². The molecule has 50 heavy (non-hydrogen) atoms. The van der Waals surface area contributed by atoms with Gasteiger partial charge in [-0.25, -0.2) is 0 Å². The van der Waals surface area contributed by atoms with Crippen molar-refractivity contribution in [1.82, 2.24) is 9.80 Å². The molecule has 3 aromatic carbocycles. The highest BCUT2D eigenvalue weighted by Crippen LogP contribution is 2.57. The monoisotopic (exact) mass is 701 g/mol. The summed E-state index contributed by atoms with van der Waals surface area (Å²) in [6.07, 6.45) is 2.08. The Kier molecular flexibility index (Phi) is 10.6. The third-order valence-corrected chi connectivity index (χ3v) is 10.6. The molecular formula is C39H44ClN3O7. The first-order chi connectivity index (χ1) is 24.2. The van der Waals surface area contributed by atoms with Crippen molar-refractivity contribution in [3.63, 3.8) is 0 Å².